The van der Waals surface area contributed by atoms with Crippen LogP contribution in [0.3, 0.4) is 0 Å². The minimum Gasteiger partial charge on any atom is -0.335 e. The quantitative estimate of drug-likeness (QED) is 0.646. The van der Waals surface area contributed by atoms with Crippen molar-refractivity contribution < 1.29 is 4.79 Å². The van der Waals surface area contributed by atoms with Crippen LogP contribution >= 0.6 is 0 Å². The van der Waals surface area contributed by atoms with Gasteiger partial charge in [-0.3, -0.25) is 9.48 Å². The summed E-state index contributed by atoms with van der Waals surface area (Å²) in [6, 6.07) is -0.441. The van der Waals surface area contributed by atoms with E-state index >= 15 is 0 Å². The van der Waals surface area contributed by atoms with Gasteiger partial charge in [0.15, 0.2) is 0 Å². The highest BCUT2D eigenvalue weighted by Crippen LogP contribution is 2.15. The van der Waals surface area contributed by atoms with E-state index < -0.39 is 6.04 Å². The second kappa shape index (κ2) is 3.62. The number of aromatic nitrogens is 3. The number of aryl methyl sites for hydroxylation is 1. The molecule has 6 nitrogen and oxygen atoms in total. The van der Waals surface area contributed by atoms with Gasteiger partial charge in [0.2, 0.25) is 5.91 Å². The molecule has 0 saturated heterocycles. The molecule has 1 aromatic heterocycles. The number of hydrogen-bond donors (Lipinski definition) is 1. The van der Waals surface area contributed by atoms with Crippen LogP contribution in [0.25, 0.3) is 0 Å². The molecule has 1 unspecified atom stereocenters. The molecule has 0 fully saturated rings. The Labute approximate surface area is 88.0 Å². The summed E-state index contributed by atoms with van der Waals surface area (Å²) >= 11 is 0. The minimum atomic E-state index is -0.441. The van der Waals surface area contributed by atoms with Crippen molar-refractivity contribution in [1.29, 1.82) is 0 Å². The van der Waals surface area contributed by atoms with E-state index in [0.29, 0.717) is 13.1 Å². The Morgan fingerprint density at radius 1 is 1.60 bits per heavy atom. The fourth-order valence-electron chi connectivity index (χ4n) is 1.83. The van der Waals surface area contributed by atoms with Crippen molar-refractivity contribution >= 4 is 5.91 Å². The van der Waals surface area contributed by atoms with Crippen LogP contribution in [-0.2, 0) is 24.8 Å². The highest BCUT2D eigenvalue weighted by molar-refractivity contribution is 5.81. The summed E-state index contributed by atoms with van der Waals surface area (Å²) in [6.07, 6.45) is 0.803. The van der Waals surface area contributed by atoms with Crippen molar-refractivity contribution in [3.05, 3.63) is 11.4 Å². The Kier molecular flexibility index (Phi) is 2.44. The number of carbonyl (C=O) groups excluding carboxylic acids is 1. The van der Waals surface area contributed by atoms with Gasteiger partial charge in [-0.05, 0) is 6.92 Å². The van der Waals surface area contributed by atoms with Crippen LogP contribution in [0.2, 0.25) is 0 Å². The van der Waals surface area contributed by atoms with E-state index in [2.05, 4.69) is 10.3 Å². The number of rotatable bonds is 1. The molecule has 6 heteroatoms. The van der Waals surface area contributed by atoms with E-state index in [4.69, 9.17) is 5.73 Å². The number of nitrogens with zero attached hydrogens (tertiary/aromatic N) is 4. The number of fused-ring (bicyclic) bond motifs is 1. The molecule has 1 amide bonds. The lowest BCUT2D eigenvalue weighted by atomic mass is 10.1. The lowest BCUT2D eigenvalue weighted by Gasteiger charge is -2.27. The zero-order valence-corrected chi connectivity index (χ0v) is 8.97. The molecular formula is C9H15N5O. The monoisotopic (exact) mass is 209 g/mol. The molecule has 0 bridgehead atoms. The largest absolute Gasteiger partial charge is 0.335 e. The molecule has 2 rings (SSSR count). The fourth-order valence-corrected chi connectivity index (χ4v) is 1.83. The minimum absolute atomic E-state index is 0.0219. The third kappa shape index (κ3) is 1.72. The number of amides is 1. The molecule has 0 aliphatic carbocycles. The molecular weight excluding hydrogens is 194 g/mol. The average Bonchev–Trinajstić information content (AvgIpc) is 2.59. The first-order valence-electron chi connectivity index (χ1n) is 5.01. The fraction of sp³-hybridized carbons (Fsp3) is 0.667. The van der Waals surface area contributed by atoms with Crippen LogP contribution in [0.5, 0.6) is 0 Å². The predicted molar refractivity (Wildman–Crippen MR) is 53.8 cm³/mol. The van der Waals surface area contributed by atoms with Crippen LogP contribution in [0.1, 0.15) is 18.3 Å². The van der Waals surface area contributed by atoms with Crippen molar-refractivity contribution in [2.75, 3.05) is 6.54 Å². The molecule has 0 aromatic carbocycles. The van der Waals surface area contributed by atoms with Gasteiger partial charge in [0.1, 0.15) is 5.69 Å². The smallest absolute Gasteiger partial charge is 0.239 e. The van der Waals surface area contributed by atoms with Crippen LogP contribution in [0.4, 0.5) is 0 Å². The number of hydrogen-bond acceptors (Lipinski definition) is 4. The summed E-state index contributed by atoms with van der Waals surface area (Å²) in [7, 11) is 1.87. The highest BCUT2D eigenvalue weighted by Gasteiger charge is 2.25. The molecule has 0 spiro atoms. The summed E-state index contributed by atoms with van der Waals surface area (Å²) < 4.78 is 1.77. The van der Waals surface area contributed by atoms with E-state index in [1.54, 1.807) is 16.5 Å². The normalized spacial score (nSPS) is 17.4. The zero-order chi connectivity index (χ0) is 11.0. The standard InChI is InChI=1S/C9H15N5O/c1-6(10)9(15)14-4-3-8-7(5-14)11-12-13(8)2/h6H,3-5,10H2,1-2H3. The number of nitrogens with two attached hydrogens (primary N) is 1. The van der Waals surface area contributed by atoms with E-state index in [1.165, 1.54) is 0 Å². The average molecular weight is 209 g/mol. The Morgan fingerprint density at radius 2 is 2.33 bits per heavy atom. The lowest BCUT2D eigenvalue weighted by molar-refractivity contribution is -0.133. The second-order valence-electron chi connectivity index (χ2n) is 3.90. The van der Waals surface area contributed by atoms with Gasteiger partial charge in [0, 0.05) is 20.0 Å². The van der Waals surface area contributed by atoms with Crippen molar-refractivity contribution in [2.24, 2.45) is 12.8 Å². The third-order valence-electron chi connectivity index (χ3n) is 2.68. The molecule has 15 heavy (non-hydrogen) atoms. The first-order valence-corrected chi connectivity index (χ1v) is 5.01. The summed E-state index contributed by atoms with van der Waals surface area (Å²) in [4.78, 5) is 13.4. The Morgan fingerprint density at radius 3 is 3.00 bits per heavy atom. The topological polar surface area (TPSA) is 77.0 Å². The SMILES string of the molecule is CC(N)C(=O)N1CCc2c(nnn2C)C1. The van der Waals surface area contributed by atoms with Gasteiger partial charge in [-0.25, -0.2) is 0 Å². The molecule has 1 atom stereocenters. The maximum absolute atomic E-state index is 11.7. The Hall–Kier alpha value is -1.43. The molecule has 0 saturated carbocycles. The van der Waals surface area contributed by atoms with Crippen LogP contribution in [-0.4, -0.2) is 38.4 Å². The van der Waals surface area contributed by atoms with Crippen LogP contribution in [0.15, 0.2) is 0 Å². The maximum atomic E-state index is 11.7. The Bertz CT molecular complexity index is 384. The molecule has 82 valence electrons. The van der Waals surface area contributed by atoms with Gasteiger partial charge in [-0.15, -0.1) is 5.10 Å². The van der Waals surface area contributed by atoms with Crippen molar-refractivity contribution in [1.82, 2.24) is 19.9 Å². The highest BCUT2D eigenvalue weighted by atomic mass is 16.2. The zero-order valence-electron chi connectivity index (χ0n) is 8.97. The first kappa shape index (κ1) is 10.1. The molecule has 1 aliphatic heterocycles. The van der Waals surface area contributed by atoms with Gasteiger partial charge in [-0.1, -0.05) is 5.21 Å². The third-order valence-corrected chi connectivity index (χ3v) is 2.68. The van der Waals surface area contributed by atoms with Crippen LogP contribution < -0.4 is 5.73 Å². The van der Waals surface area contributed by atoms with E-state index in [1.807, 2.05) is 7.05 Å². The lowest BCUT2D eigenvalue weighted by Crippen LogP contribution is -2.44. The summed E-state index contributed by atoms with van der Waals surface area (Å²) in [5.41, 5.74) is 7.56. The van der Waals surface area contributed by atoms with Gasteiger partial charge >= 0.3 is 0 Å². The summed E-state index contributed by atoms with van der Waals surface area (Å²) in [5, 5.41) is 7.96. The molecule has 2 heterocycles. The van der Waals surface area contributed by atoms with Gasteiger partial charge < -0.3 is 10.6 Å². The molecule has 0 radical (unpaired) electrons. The molecule has 1 aromatic rings. The van der Waals surface area contributed by atoms with E-state index in [-0.39, 0.29) is 5.91 Å². The Balaban J connectivity index is 2.16. The van der Waals surface area contributed by atoms with Gasteiger partial charge in [0.25, 0.3) is 0 Å². The van der Waals surface area contributed by atoms with Crippen LogP contribution in [0, 0.1) is 0 Å². The second-order valence-corrected chi connectivity index (χ2v) is 3.90. The van der Waals surface area contributed by atoms with Gasteiger partial charge in [0.05, 0.1) is 18.3 Å². The predicted octanol–water partition coefficient (Wildman–Crippen LogP) is -0.953. The van der Waals surface area contributed by atoms with E-state index in [9.17, 15) is 4.79 Å². The van der Waals surface area contributed by atoms with Gasteiger partial charge in [-0.2, -0.15) is 0 Å². The van der Waals surface area contributed by atoms with E-state index in [0.717, 1.165) is 17.8 Å². The first-order chi connectivity index (χ1) is 7.09. The summed E-state index contributed by atoms with van der Waals surface area (Å²) in [6.45, 7) is 2.94. The van der Waals surface area contributed by atoms with Crippen molar-refractivity contribution in [3.63, 3.8) is 0 Å². The van der Waals surface area contributed by atoms with Crippen molar-refractivity contribution in [3.8, 4) is 0 Å². The number of carbonyl (C=O) groups is 1. The maximum Gasteiger partial charge on any atom is 0.239 e. The molecule has 2 N–H and O–H groups in total. The van der Waals surface area contributed by atoms with Crippen molar-refractivity contribution in [2.45, 2.75) is 25.9 Å². The summed E-state index contributed by atoms with van der Waals surface area (Å²) in [5.74, 6) is -0.0219. The molecule has 1 aliphatic rings.